The van der Waals surface area contributed by atoms with Crippen molar-refractivity contribution in [1.29, 1.82) is 0 Å². The van der Waals surface area contributed by atoms with Crippen molar-refractivity contribution in [2.24, 2.45) is 18.4 Å². The van der Waals surface area contributed by atoms with Gasteiger partial charge in [-0.15, -0.1) is 0 Å². The molecule has 6 aromatic rings. The Morgan fingerprint density at radius 2 is 1.69 bits per heavy atom. The monoisotopic (exact) mass is 977 g/mol. The number of amides is 1. The molecule has 4 aromatic carbocycles. The van der Waals surface area contributed by atoms with Crippen LogP contribution in [0.4, 0.5) is 19.3 Å². The molecule has 0 saturated heterocycles. The number of esters is 1. The molecule has 0 spiro atoms. The van der Waals surface area contributed by atoms with E-state index in [9.17, 15) is 26.4 Å². The van der Waals surface area contributed by atoms with Crippen LogP contribution in [0.1, 0.15) is 75.0 Å². The molecule has 1 N–H and O–H groups in total. The summed E-state index contributed by atoms with van der Waals surface area (Å²) in [6.07, 6.45) is 2.47. The normalized spacial score (nSPS) is 19.1. The lowest BCUT2D eigenvalue weighted by Crippen LogP contribution is -2.29. The smallest absolute Gasteiger partial charge is 0.411 e. The zero-order valence-electron chi connectivity index (χ0n) is 38.3. The number of hydrogen-bond acceptors (Lipinski definition) is 11. The first-order valence-corrected chi connectivity index (χ1v) is 26.4. The molecule has 3 atom stereocenters. The van der Waals surface area contributed by atoms with Gasteiger partial charge in [0.05, 0.1) is 73.6 Å². The van der Waals surface area contributed by atoms with Gasteiger partial charge < -0.3 is 9.47 Å². The maximum atomic E-state index is 16.9. The van der Waals surface area contributed by atoms with E-state index in [-0.39, 0.29) is 69.0 Å². The number of fused-ring (bicyclic) bond motifs is 8. The third kappa shape index (κ3) is 10.7. The number of aryl methyl sites for hydroxylation is 2. The number of nitrogens with zero attached hydrogens (tertiary/aromatic N) is 4. The second kappa shape index (κ2) is 19.1. The quantitative estimate of drug-likeness (QED) is 0.145. The third-order valence-corrected chi connectivity index (χ3v) is 16.9. The number of anilines is 1. The molecule has 356 valence electrons. The van der Waals surface area contributed by atoms with Crippen LogP contribution < -0.4 is 5.32 Å². The summed E-state index contributed by atoms with van der Waals surface area (Å²) in [5.41, 5.74) is -0.129. The number of benzene rings is 4. The van der Waals surface area contributed by atoms with E-state index in [4.69, 9.17) is 19.6 Å². The zero-order chi connectivity index (χ0) is 48.6. The molecule has 1 unspecified atom stereocenters. The Labute approximate surface area is 391 Å². The highest BCUT2D eigenvalue weighted by Gasteiger charge is 2.37. The molecule has 14 nitrogen and oxygen atoms in total. The molecular formula is C48H53F2N5O9S3. The molecule has 3 heterocycles. The first-order valence-electron chi connectivity index (χ1n) is 21.6. The average molecular weight is 978 g/mol. The van der Waals surface area contributed by atoms with Crippen LogP contribution in [0.25, 0.3) is 22.3 Å². The van der Waals surface area contributed by atoms with Crippen LogP contribution in [-0.2, 0) is 76.8 Å². The molecule has 1 aliphatic heterocycles. The van der Waals surface area contributed by atoms with Crippen molar-refractivity contribution in [3.8, 4) is 11.4 Å². The van der Waals surface area contributed by atoms with E-state index >= 15 is 13.0 Å². The number of methoxy groups -OCH3 is 1. The summed E-state index contributed by atoms with van der Waals surface area (Å²) < 4.78 is 115. The molecule has 0 aliphatic carbocycles. The van der Waals surface area contributed by atoms with Crippen molar-refractivity contribution in [3.63, 3.8) is 0 Å². The molecule has 19 heteroatoms. The van der Waals surface area contributed by atoms with E-state index in [2.05, 4.69) is 5.32 Å². The highest BCUT2D eigenvalue weighted by Crippen LogP contribution is 2.41. The molecule has 0 fully saturated rings. The van der Waals surface area contributed by atoms with Crippen LogP contribution in [-0.4, -0.2) is 76.7 Å². The van der Waals surface area contributed by atoms with Gasteiger partial charge in [-0.1, -0.05) is 81.8 Å². The second-order valence-electron chi connectivity index (χ2n) is 18.2. The summed E-state index contributed by atoms with van der Waals surface area (Å²) >= 11 is 0. The largest absolute Gasteiger partial charge is 0.469 e. The van der Waals surface area contributed by atoms with Gasteiger partial charge in [0.15, 0.2) is 21.5 Å². The molecule has 0 saturated carbocycles. The van der Waals surface area contributed by atoms with Crippen molar-refractivity contribution in [2.45, 2.75) is 81.6 Å². The molecule has 67 heavy (non-hydrogen) atoms. The Hall–Kier alpha value is -5.79. The lowest BCUT2D eigenvalue weighted by Gasteiger charge is -2.31. The highest BCUT2D eigenvalue weighted by atomic mass is 32.2. The van der Waals surface area contributed by atoms with Gasteiger partial charge in [0, 0.05) is 24.7 Å². The van der Waals surface area contributed by atoms with Crippen LogP contribution in [0.5, 0.6) is 0 Å². The molecular weight excluding hydrogens is 925 g/mol. The van der Waals surface area contributed by atoms with E-state index in [1.807, 2.05) is 45.0 Å². The summed E-state index contributed by atoms with van der Waals surface area (Å²) in [5.74, 6) is -3.30. The van der Waals surface area contributed by atoms with E-state index in [0.717, 1.165) is 33.5 Å². The Balaban J connectivity index is 1.44. The van der Waals surface area contributed by atoms with Crippen molar-refractivity contribution >= 4 is 59.3 Å². The van der Waals surface area contributed by atoms with Crippen LogP contribution in [0.3, 0.4) is 0 Å². The topological polar surface area (TPSA) is 186 Å². The summed E-state index contributed by atoms with van der Waals surface area (Å²) in [6.45, 7) is 7.23. The van der Waals surface area contributed by atoms with Crippen molar-refractivity contribution < 1.29 is 48.9 Å². The zero-order valence-corrected chi connectivity index (χ0v) is 40.7. The Kier molecular flexibility index (Phi) is 14.0. The summed E-state index contributed by atoms with van der Waals surface area (Å²) in [7, 11) is -7.66. The van der Waals surface area contributed by atoms with Gasteiger partial charge in [-0.2, -0.15) is 5.10 Å². The lowest BCUT2D eigenvalue weighted by atomic mass is 9.75. The van der Waals surface area contributed by atoms with E-state index in [1.54, 1.807) is 44.3 Å². The number of ether oxygens (including phenoxy) is 2. The van der Waals surface area contributed by atoms with Crippen LogP contribution in [0.15, 0.2) is 94.9 Å². The maximum Gasteiger partial charge on any atom is 0.411 e. The first kappa shape index (κ1) is 49.1. The summed E-state index contributed by atoms with van der Waals surface area (Å²) in [4.78, 5) is 29.9. The molecule has 0 radical (unpaired) electrons. The Morgan fingerprint density at radius 1 is 0.970 bits per heavy atom. The average Bonchev–Trinajstić information content (AvgIpc) is 3.88. The number of halogens is 2. The van der Waals surface area contributed by atoms with Crippen molar-refractivity contribution in [3.05, 3.63) is 125 Å². The first-order chi connectivity index (χ1) is 31.5. The minimum Gasteiger partial charge on any atom is -0.469 e. The van der Waals surface area contributed by atoms with E-state index in [1.165, 1.54) is 30.1 Å². The molecule has 7 rings (SSSR count). The standard InChI is InChI=1S/C48H53F2N5O9S3/c1-30(44(56)63-6)23-32-15-11-16-33(24-32)48(4)20-12-19-47(2,3)29-67(61,62)22-18-35-34-17-21-55(66(7,59)60)40(34)27-38(50)42(35)65(58)41-25-36(43-52-45(48)53-54(43)5)37(49)26-39(41)51-46(57)64-28-31-13-9-8-10-14-31/h8-11,13-17,21,24-27,30H,12,18-20,22-23,28-29H2,1-7H3,(H,51,57)/t30-,48-,65?/m1/s1. The van der Waals surface area contributed by atoms with Gasteiger partial charge in [0.1, 0.15) is 18.2 Å². The lowest BCUT2D eigenvalue weighted by molar-refractivity contribution is -0.144. The predicted octanol–water partition coefficient (Wildman–Crippen LogP) is 8.26. The van der Waals surface area contributed by atoms with Gasteiger partial charge in [-0.05, 0) is 78.5 Å². The van der Waals surface area contributed by atoms with E-state index in [0.29, 0.717) is 31.2 Å². The van der Waals surface area contributed by atoms with Crippen molar-refractivity contribution in [2.75, 3.05) is 30.2 Å². The Morgan fingerprint density at radius 3 is 2.39 bits per heavy atom. The Bertz CT molecular complexity index is 3140. The number of carbonyl (C=O) groups is 2. The van der Waals surface area contributed by atoms with Gasteiger partial charge in [0.2, 0.25) is 10.0 Å². The predicted molar refractivity (Wildman–Crippen MR) is 251 cm³/mol. The minimum atomic E-state index is -3.98. The second-order valence-corrected chi connectivity index (χ2v) is 23.6. The summed E-state index contributed by atoms with van der Waals surface area (Å²) in [6, 6.07) is 20.8. The van der Waals surface area contributed by atoms with Gasteiger partial charge in [-0.25, -0.2) is 48.3 Å². The third-order valence-electron chi connectivity index (χ3n) is 12.2. The van der Waals surface area contributed by atoms with Crippen molar-refractivity contribution in [1.82, 2.24) is 18.7 Å². The number of carbonyl (C=O) groups excluding carboxylic acids is 2. The van der Waals surface area contributed by atoms with Gasteiger partial charge >= 0.3 is 12.1 Å². The molecule has 2 aromatic heterocycles. The van der Waals surface area contributed by atoms with Gasteiger partial charge in [-0.3, -0.25) is 10.1 Å². The fraction of sp³-hybridized carbons (Fsp3) is 0.375. The summed E-state index contributed by atoms with van der Waals surface area (Å²) in [5, 5.41) is 7.44. The van der Waals surface area contributed by atoms with Gasteiger partial charge in [0.25, 0.3) is 0 Å². The van der Waals surface area contributed by atoms with Crippen LogP contribution >= 0.6 is 0 Å². The minimum absolute atomic E-state index is 0.0135. The molecule has 1 aliphatic rings. The number of hydrogen-bond donors (Lipinski definition) is 1. The van der Waals surface area contributed by atoms with Crippen LogP contribution in [0.2, 0.25) is 0 Å². The number of sulfone groups is 1. The maximum absolute atomic E-state index is 16.9. The molecule has 1 amide bonds. The number of aromatic nitrogens is 4. The fourth-order valence-corrected chi connectivity index (χ4v) is 13.0. The van der Waals surface area contributed by atoms with Crippen LogP contribution in [0, 0.1) is 23.0 Å². The fourth-order valence-electron chi connectivity index (χ4n) is 8.80. The molecule has 4 bridgehead atoms. The SMILES string of the molecule is COC(=O)[C@H](C)Cc1cccc([C@@]2(C)CCCC(C)(C)CS(=O)(=O)CCc3c(c(F)cc4c3ccn4S(C)(=O)=O)S(=O)c3cc(c(F)cc3NC(=O)OCc3ccccc3)-c3nc2nn3C)c1. The number of rotatable bonds is 8. The highest BCUT2D eigenvalue weighted by molar-refractivity contribution is 7.91. The number of nitrogens with one attached hydrogen (secondary N) is 1. The van der Waals surface area contributed by atoms with E-state index < -0.39 is 75.8 Å².